The number of hydrogen-bond acceptors (Lipinski definition) is 4. The van der Waals surface area contributed by atoms with Gasteiger partial charge in [-0.05, 0) is 100 Å². The number of carbonyl (C=O) groups excluding carboxylic acids is 3. The monoisotopic (exact) mass is 547 g/mol. The van der Waals surface area contributed by atoms with Gasteiger partial charge in [0.2, 0.25) is 0 Å². The molecule has 0 saturated heterocycles. The third-order valence-corrected chi connectivity index (χ3v) is 9.13. The maximum absolute atomic E-state index is 13.5. The molecule has 0 bridgehead atoms. The van der Waals surface area contributed by atoms with Crippen LogP contribution in [0, 0.1) is 12.8 Å². The third-order valence-electron chi connectivity index (χ3n) is 9.13. The molecule has 5 rings (SSSR count). The fraction of sp³-hybridized carbons (Fsp3) is 0.606. The molecule has 1 heterocycles. The summed E-state index contributed by atoms with van der Waals surface area (Å²) in [6, 6.07) is 8.32. The zero-order valence-corrected chi connectivity index (χ0v) is 24.8. The number of nitrogens with one attached hydrogen (secondary N) is 2. The molecule has 2 N–H and O–H groups in total. The van der Waals surface area contributed by atoms with Crippen molar-refractivity contribution < 1.29 is 19.1 Å². The van der Waals surface area contributed by atoms with E-state index >= 15 is 0 Å². The average Bonchev–Trinajstić information content (AvgIpc) is 3.56. The molecule has 1 aromatic carbocycles. The molecule has 0 spiro atoms. The van der Waals surface area contributed by atoms with Crippen molar-refractivity contribution in [2.75, 3.05) is 0 Å². The van der Waals surface area contributed by atoms with Crippen LogP contribution in [0.25, 0.3) is 11.3 Å². The van der Waals surface area contributed by atoms with Crippen molar-refractivity contribution in [2.45, 2.75) is 122 Å². The Morgan fingerprint density at radius 3 is 2.38 bits per heavy atom. The summed E-state index contributed by atoms with van der Waals surface area (Å²) >= 11 is 0. The van der Waals surface area contributed by atoms with Crippen molar-refractivity contribution in [3.63, 3.8) is 0 Å². The Kier molecular flexibility index (Phi) is 7.86. The van der Waals surface area contributed by atoms with Crippen LogP contribution in [0.3, 0.4) is 0 Å². The number of hydrogen-bond donors (Lipinski definition) is 2. The predicted molar refractivity (Wildman–Crippen MR) is 156 cm³/mol. The van der Waals surface area contributed by atoms with E-state index in [-0.39, 0.29) is 34.9 Å². The summed E-state index contributed by atoms with van der Waals surface area (Å²) in [5.41, 5.74) is 5.24. The van der Waals surface area contributed by atoms with E-state index in [2.05, 4.69) is 34.3 Å². The molecular formula is C33H45N3O4. The summed E-state index contributed by atoms with van der Waals surface area (Å²) in [4.78, 5) is 37.5. The summed E-state index contributed by atoms with van der Waals surface area (Å²) in [7, 11) is 0. The highest BCUT2D eigenvalue weighted by Gasteiger charge is 2.40. The molecule has 0 radical (unpaired) electrons. The molecule has 1 aromatic heterocycles. The van der Waals surface area contributed by atoms with E-state index in [9.17, 15) is 14.4 Å². The van der Waals surface area contributed by atoms with Gasteiger partial charge in [-0.15, -0.1) is 0 Å². The highest BCUT2D eigenvalue weighted by atomic mass is 16.5. The van der Waals surface area contributed by atoms with Crippen LogP contribution >= 0.6 is 0 Å². The zero-order chi connectivity index (χ0) is 28.7. The van der Waals surface area contributed by atoms with Crippen molar-refractivity contribution in [2.24, 2.45) is 5.92 Å². The van der Waals surface area contributed by atoms with Crippen molar-refractivity contribution in [1.29, 1.82) is 0 Å². The molecule has 3 fully saturated rings. The molecule has 0 unspecified atom stereocenters. The lowest BCUT2D eigenvalue weighted by Crippen LogP contribution is -2.47. The SMILES string of the molecule is Cc1c(C(=O)N[C@H]2C[C@H](OC=O)C2)cc(-c2cc(C(=O)NC(C)(C)C)cc(C3(C)CC3)c2)n1CC1CCCCC1. The number of ether oxygens (including phenoxy) is 1. The van der Waals surface area contributed by atoms with Crippen molar-refractivity contribution in [3.05, 3.63) is 46.6 Å². The standard InChI is InChI=1S/C33H45N3O4/c1-21-28(31(39)34-26-16-27(17-26)40-20-37)18-29(36(21)19-22-9-7-6-8-10-22)23-13-24(30(38)35-32(2,3)4)15-25(14-23)33(5)11-12-33/h13-15,18,20,22,26-27H,6-12,16-17,19H2,1-5H3,(H,34,39)(H,35,38)/t26-,27-. The van der Waals surface area contributed by atoms with E-state index in [1.807, 2.05) is 39.8 Å². The van der Waals surface area contributed by atoms with Crippen LogP contribution in [0.1, 0.15) is 117 Å². The number of benzene rings is 1. The predicted octanol–water partition coefficient (Wildman–Crippen LogP) is 6.06. The second kappa shape index (κ2) is 11.1. The van der Waals surface area contributed by atoms with Crippen LogP contribution in [-0.4, -0.2) is 40.5 Å². The quantitative estimate of drug-likeness (QED) is 0.374. The number of nitrogens with zero attached hydrogens (tertiary/aromatic N) is 1. The summed E-state index contributed by atoms with van der Waals surface area (Å²) in [6.07, 6.45) is 9.62. The van der Waals surface area contributed by atoms with Gasteiger partial charge in [0.1, 0.15) is 6.10 Å². The largest absolute Gasteiger partial charge is 0.464 e. The molecule has 2 amide bonds. The first-order chi connectivity index (χ1) is 19.0. The van der Waals surface area contributed by atoms with Crippen molar-refractivity contribution in [3.8, 4) is 11.3 Å². The lowest BCUT2D eigenvalue weighted by atomic mass is 9.89. The van der Waals surface area contributed by atoms with Gasteiger partial charge >= 0.3 is 0 Å². The zero-order valence-electron chi connectivity index (χ0n) is 24.8. The van der Waals surface area contributed by atoms with Crippen LogP contribution in [0.2, 0.25) is 0 Å². The van der Waals surface area contributed by atoms with Crippen molar-refractivity contribution >= 4 is 18.3 Å². The van der Waals surface area contributed by atoms with E-state index in [0.29, 0.717) is 36.4 Å². The van der Waals surface area contributed by atoms with Gasteiger partial charge in [0.05, 0.1) is 5.56 Å². The number of aromatic nitrogens is 1. The van der Waals surface area contributed by atoms with E-state index in [4.69, 9.17) is 4.74 Å². The molecule has 3 aliphatic rings. The summed E-state index contributed by atoms with van der Waals surface area (Å²) in [6.45, 7) is 11.7. The molecule has 7 heteroatoms. The van der Waals surface area contributed by atoms with Crippen LogP contribution < -0.4 is 10.6 Å². The van der Waals surface area contributed by atoms with Gasteiger partial charge in [-0.1, -0.05) is 26.2 Å². The lowest BCUT2D eigenvalue weighted by Gasteiger charge is -2.34. The first-order valence-corrected chi connectivity index (χ1v) is 15.0. The fourth-order valence-corrected chi connectivity index (χ4v) is 6.26. The topological polar surface area (TPSA) is 89.4 Å². The smallest absolute Gasteiger partial charge is 0.293 e. The third kappa shape index (κ3) is 6.29. The number of rotatable bonds is 9. The summed E-state index contributed by atoms with van der Waals surface area (Å²) in [5, 5.41) is 6.28. The number of carbonyl (C=O) groups is 3. The van der Waals surface area contributed by atoms with Crippen molar-refractivity contribution in [1.82, 2.24) is 15.2 Å². The van der Waals surface area contributed by atoms with Gasteiger partial charge in [0, 0.05) is 47.9 Å². The first kappa shape index (κ1) is 28.4. The first-order valence-electron chi connectivity index (χ1n) is 15.0. The highest BCUT2D eigenvalue weighted by molar-refractivity contribution is 5.98. The second-order valence-corrected chi connectivity index (χ2v) is 13.7. The molecule has 3 aliphatic carbocycles. The molecule has 7 nitrogen and oxygen atoms in total. The maximum Gasteiger partial charge on any atom is 0.293 e. The van der Waals surface area contributed by atoms with Gasteiger partial charge in [-0.3, -0.25) is 14.4 Å². The van der Waals surface area contributed by atoms with E-state index < -0.39 is 0 Å². The maximum atomic E-state index is 13.5. The van der Waals surface area contributed by atoms with Crippen LogP contribution in [-0.2, 0) is 21.5 Å². The molecule has 0 atom stereocenters. The normalized spacial score (nSPS) is 22.2. The minimum atomic E-state index is -0.336. The van der Waals surface area contributed by atoms with Gasteiger partial charge in [0.25, 0.3) is 18.3 Å². The van der Waals surface area contributed by atoms with Gasteiger partial charge in [-0.25, -0.2) is 0 Å². The lowest BCUT2D eigenvalue weighted by molar-refractivity contribution is -0.138. The van der Waals surface area contributed by atoms with Crippen LogP contribution in [0.4, 0.5) is 0 Å². The molecule has 216 valence electrons. The van der Waals surface area contributed by atoms with Gasteiger partial charge < -0.3 is 19.9 Å². The minimum absolute atomic E-state index is 0.00725. The Morgan fingerprint density at radius 1 is 1.05 bits per heavy atom. The Bertz CT molecular complexity index is 1270. The molecule has 0 aliphatic heterocycles. The summed E-state index contributed by atoms with van der Waals surface area (Å²) < 4.78 is 7.34. The molecule has 40 heavy (non-hydrogen) atoms. The Labute approximate surface area is 238 Å². The van der Waals surface area contributed by atoms with Gasteiger partial charge in [-0.2, -0.15) is 0 Å². The second-order valence-electron chi connectivity index (χ2n) is 13.7. The Morgan fingerprint density at radius 2 is 1.75 bits per heavy atom. The number of amides is 2. The molecular weight excluding hydrogens is 502 g/mol. The fourth-order valence-electron chi connectivity index (χ4n) is 6.26. The van der Waals surface area contributed by atoms with E-state index in [0.717, 1.165) is 36.3 Å². The molecule has 2 aromatic rings. The summed E-state index contributed by atoms with van der Waals surface area (Å²) in [5.74, 6) is 0.416. The minimum Gasteiger partial charge on any atom is -0.464 e. The Hall–Kier alpha value is -3.09. The van der Waals surface area contributed by atoms with Crippen LogP contribution in [0.15, 0.2) is 24.3 Å². The Balaban J connectivity index is 1.52. The average molecular weight is 548 g/mol. The van der Waals surface area contributed by atoms with E-state index in [1.54, 1.807) is 0 Å². The van der Waals surface area contributed by atoms with Crippen LogP contribution in [0.5, 0.6) is 0 Å². The highest BCUT2D eigenvalue weighted by Crippen LogP contribution is 2.49. The molecule has 3 saturated carbocycles. The van der Waals surface area contributed by atoms with Gasteiger partial charge in [0.15, 0.2) is 0 Å². The van der Waals surface area contributed by atoms with E-state index in [1.165, 1.54) is 37.7 Å².